The number of benzene rings is 1. The fraction of sp³-hybridized carbons (Fsp3) is 0.375. The molecule has 3 rings (SSSR count). The van der Waals surface area contributed by atoms with Gasteiger partial charge in [0.05, 0.1) is 5.38 Å². The van der Waals surface area contributed by atoms with Crippen molar-refractivity contribution in [2.24, 2.45) is 0 Å². The molecule has 1 aromatic carbocycles. The maximum atomic E-state index is 13.4. The molecule has 1 aliphatic heterocycles. The molecule has 0 amide bonds. The van der Waals surface area contributed by atoms with Crippen LogP contribution in [0.25, 0.3) is 0 Å². The van der Waals surface area contributed by atoms with Crippen LogP contribution in [0.2, 0.25) is 0 Å². The molecule has 0 N–H and O–H groups in total. The molecular weight excluding hydrogens is 311 g/mol. The van der Waals surface area contributed by atoms with Crippen LogP contribution in [0.1, 0.15) is 37.4 Å². The van der Waals surface area contributed by atoms with Gasteiger partial charge in [0.25, 0.3) is 0 Å². The Labute approximate surface area is 132 Å². The monoisotopic (exact) mass is 326 g/mol. The van der Waals surface area contributed by atoms with E-state index in [-0.39, 0.29) is 11.2 Å². The Hall–Kier alpha value is -0.510. The fourth-order valence-electron chi connectivity index (χ4n) is 2.76. The molecule has 0 bridgehead atoms. The molecular formula is C16H16ClFS2. The van der Waals surface area contributed by atoms with Gasteiger partial charge in [0.1, 0.15) is 5.82 Å². The molecule has 0 saturated heterocycles. The Balaban J connectivity index is 2.00. The standard InChI is InChI=1S/C16H16ClFS2/c1-9-5-12(18)6-10(2)15(9)16(17)14-7-11-8-19-4-3-13(11)20-14/h5-7,16H,3-4,8H2,1-2H3. The third-order valence-electron chi connectivity index (χ3n) is 3.71. The number of rotatable bonds is 2. The van der Waals surface area contributed by atoms with Crippen molar-refractivity contribution in [3.8, 4) is 0 Å². The van der Waals surface area contributed by atoms with E-state index in [9.17, 15) is 4.39 Å². The zero-order valence-corrected chi connectivity index (χ0v) is 13.9. The van der Waals surface area contributed by atoms with E-state index in [4.69, 9.17) is 11.6 Å². The first-order valence-corrected chi connectivity index (χ1v) is 9.07. The number of thioether (sulfide) groups is 1. The summed E-state index contributed by atoms with van der Waals surface area (Å²) in [5.41, 5.74) is 4.36. The van der Waals surface area contributed by atoms with Crippen molar-refractivity contribution in [1.29, 1.82) is 0 Å². The average molecular weight is 327 g/mol. The Morgan fingerprint density at radius 1 is 1.20 bits per heavy atom. The minimum absolute atomic E-state index is 0.170. The summed E-state index contributed by atoms with van der Waals surface area (Å²) < 4.78 is 13.4. The molecule has 4 heteroatoms. The SMILES string of the molecule is Cc1cc(F)cc(C)c1C(Cl)c1cc2c(s1)CCSC2. The molecule has 1 unspecified atom stereocenters. The number of aryl methyl sites for hydroxylation is 3. The molecule has 20 heavy (non-hydrogen) atoms. The van der Waals surface area contributed by atoms with E-state index in [1.165, 1.54) is 21.1 Å². The molecule has 2 heterocycles. The van der Waals surface area contributed by atoms with Crippen LogP contribution in [0, 0.1) is 19.7 Å². The minimum atomic E-state index is -0.186. The summed E-state index contributed by atoms with van der Waals surface area (Å²) in [6.07, 6.45) is 1.15. The van der Waals surface area contributed by atoms with E-state index in [1.807, 2.05) is 36.9 Å². The fourth-order valence-corrected chi connectivity index (χ4v) is 5.66. The van der Waals surface area contributed by atoms with Crippen LogP contribution in [0.3, 0.4) is 0 Å². The van der Waals surface area contributed by atoms with Crippen LogP contribution in [0.5, 0.6) is 0 Å². The quantitative estimate of drug-likeness (QED) is 0.645. The summed E-state index contributed by atoms with van der Waals surface area (Å²) in [5.74, 6) is 2.11. The van der Waals surface area contributed by atoms with E-state index in [0.717, 1.165) is 28.9 Å². The summed E-state index contributed by atoms with van der Waals surface area (Å²) in [7, 11) is 0. The second kappa shape index (κ2) is 5.70. The van der Waals surface area contributed by atoms with Gasteiger partial charge in [-0.2, -0.15) is 11.8 Å². The maximum absolute atomic E-state index is 13.4. The molecule has 0 nitrogen and oxygen atoms in total. The number of halogens is 2. The third kappa shape index (κ3) is 2.63. The molecule has 0 radical (unpaired) electrons. The zero-order valence-electron chi connectivity index (χ0n) is 11.5. The van der Waals surface area contributed by atoms with Crippen molar-refractivity contribution < 1.29 is 4.39 Å². The summed E-state index contributed by atoms with van der Waals surface area (Å²) >= 11 is 10.5. The Kier molecular flexibility index (Phi) is 4.11. The maximum Gasteiger partial charge on any atom is 0.123 e. The molecule has 0 spiro atoms. The lowest BCUT2D eigenvalue weighted by molar-refractivity contribution is 0.624. The van der Waals surface area contributed by atoms with Gasteiger partial charge in [0.15, 0.2) is 0 Å². The van der Waals surface area contributed by atoms with Crippen molar-refractivity contribution in [2.45, 2.75) is 31.4 Å². The molecule has 2 aromatic rings. The zero-order chi connectivity index (χ0) is 14.3. The van der Waals surface area contributed by atoms with Crippen LogP contribution in [-0.2, 0) is 12.2 Å². The van der Waals surface area contributed by atoms with Gasteiger partial charge in [-0.05, 0) is 66.5 Å². The van der Waals surface area contributed by atoms with Gasteiger partial charge >= 0.3 is 0 Å². The molecule has 0 saturated carbocycles. The van der Waals surface area contributed by atoms with Crippen molar-refractivity contribution in [2.75, 3.05) is 5.75 Å². The van der Waals surface area contributed by atoms with Gasteiger partial charge in [0.2, 0.25) is 0 Å². The van der Waals surface area contributed by atoms with Crippen molar-refractivity contribution >= 4 is 34.7 Å². The first-order chi connectivity index (χ1) is 9.56. The lowest BCUT2D eigenvalue weighted by atomic mass is 9.98. The number of hydrogen-bond donors (Lipinski definition) is 0. The van der Waals surface area contributed by atoms with Gasteiger partial charge in [0, 0.05) is 15.5 Å². The lowest BCUT2D eigenvalue weighted by Gasteiger charge is -2.14. The number of thiophene rings is 1. The van der Waals surface area contributed by atoms with Crippen molar-refractivity contribution in [1.82, 2.24) is 0 Å². The van der Waals surface area contributed by atoms with Gasteiger partial charge in [-0.1, -0.05) is 0 Å². The largest absolute Gasteiger partial charge is 0.207 e. The first-order valence-electron chi connectivity index (χ1n) is 6.66. The van der Waals surface area contributed by atoms with E-state index >= 15 is 0 Å². The predicted molar refractivity (Wildman–Crippen MR) is 87.8 cm³/mol. The highest BCUT2D eigenvalue weighted by Crippen LogP contribution is 2.41. The van der Waals surface area contributed by atoms with E-state index in [1.54, 1.807) is 12.1 Å². The summed E-state index contributed by atoms with van der Waals surface area (Å²) in [5, 5.41) is -0.170. The van der Waals surface area contributed by atoms with Crippen LogP contribution in [-0.4, -0.2) is 5.75 Å². The summed E-state index contributed by atoms with van der Waals surface area (Å²) in [6.45, 7) is 3.87. The lowest BCUT2D eigenvalue weighted by Crippen LogP contribution is -1.99. The Bertz CT molecular complexity index is 601. The van der Waals surface area contributed by atoms with E-state index in [0.29, 0.717) is 0 Å². The smallest absolute Gasteiger partial charge is 0.123 e. The second-order valence-electron chi connectivity index (χ2n) is 5.22. The normalized spacial score (nSPS) is 16.0. The molecule has 1 aliphatic rings. The predicted octanol–water partition coefficient (Wildman–Crippen LogP) is 5.62. The average Bonchev–Trinajstić information content (AvgIpc) is 2.81. The van der Waals surface area contributed by atoms with Crippen LogP contribution >= 0.6 is 34.7 Å². The Morgan fingerprint density at radius 2 is 1.90 bits per heavy atom. The first kappa shape index (κ1) is 14.4. The molecule has 0 fully saturated rings. The van der Waals surface area contributed by atoms with Crippen molar-refractivity contribution in [3.05, 3.63) is 56.0 Å². The number of hydrogen-bond acceptors (Lipinski definition) is 2. The summed E-state index contributed by atoms with van der Waals surface area (Å²) in [6, 6.07) is 5.38. The second-order valence-corrected chi connectivity index (χ2v) is 7.93. The van der Waals surface area contributed by atoms with Crippen molar-refractivity contribution in [3.63, 3.8) is 0 Å². The van der Waals surface area contributed by atoms with E-state index < -0.39 is 0 Å². The summed E-state index contributed by atoms with van der Waals surface area (Å²) in [4.78, 5) is 2.67. The highest BCUT2D eigenvalue weighted by atomic mass is 35.5. The van der Waals surface area contributed by atoms with Crippen LogP contribution in [0.4, 0.5) is 4.39 Å². The highest BCUT2D eigenvalue weighted by Gasteiger charge is 2.22. The van der Waals surface area contributed by atoms with Crippen LogP contribution < -0.4 is 0 Å². The van der Waals surface area contributed by atoms with Gasteiger partial charge in [-0.25, -0.2) is 4.39 Å². The molecule has 1 aromatic heterocycles. The van der Waals surface area contributed by atoms with E-state index in [2.05, 4.69) is 6.07 Å². The molecule has 1 atom stereocenters. The minimum Gasteiger partial charge on any atom is -0.207 e. The highest BCUT2D eigenvalue weighted by molar-refractivity contribution is 7.98. The topological polar surface area (TPSA) is 0 Å². The van der Waals surface area contributed by atoms with Gasteiger partial charge in [-0.3, -0.25) is 0 Å². The van der Waals surface area contributed by atoms with Gasteiger partial charge < -0.3 is 0 Å². The number of alkyl halides is 1. The number of fused-ring (bicyclic) bond motifs is 1. The van der Waals surface area contributed by atoms with Gasteiger partial charge in [-0.15, -0.1) is 22.9 Å². The van der Waals surface area contributed by atoms with Crippen LogP contribution in [0.15, 0.2) is 18.2 Å². The molecule has 106 valence electrons. The Morgan fingerprint density at radius 3 is 2.55 bits per heavy atom. The third-order valence-corrected chi connectivity index (χ3v) is 6.60. The molecule has 0 aliphatic carbocycles.